The van der Waals surface area contributed by atoms with Crippen molar-refractivity contribution in [1.82, 2.24) is 0 Å². The summed E-state index contributed by atoms with van der Waals surface area (Å²) in [5.74, 6) is -2.97. The normalized spacial score (nSPS) is 18.9. The molecule has 1 aliphatic rings. The molecule has 0 spiro atoms. The average Bonchev–Trinajstić information content (AvgIpc) is 2.68. The van der Waals surface area contributed by atoms with E-state index in [1.54, 1.807) is 54.6 Å². The number of benzene rings is 2. The Morgan fingerprint density at radius 2 is 1.46 bits per heavy atom. The Kier molecular flexibility index (Phi) is 5.27. The van der Waals surface area contributed by atoms with E-state index in [2.05, 4.69) is 5.32 Å². The van der Waals surface area contributed by atoms with Crippen LogP contribution in [0.2, 0.25) is 0 Å². The first-order valence-electron chi connectivity index (χ1n) is 8.45. The minimum absolute atomic E-state index is 0.195. The van der Waals surface area contributed by atoms with Crippen molar-refractivity contribution in [1.29, 1.82) is 0 Å². The van der Waals surface area contributed by atoms with Crippen LogP contribution in [0.4, 0.5) is 5.69 Å². The van der Waals surface area contributed by atoms with E-state index in [4.69, 9.17) is 0 Å². The zero-order valence-electron chi connectivity index (χ0n) is 14.1. The van der Waals surface area contributed by atoms with Crippen molar-refractivity contribution in [3.63, 3.8) is 0 Å². The third-order valence-corrected chi connectivity index (χ3v) is 4.55. The molecule has 2 atom stereocenters. The number of carbonyl (C=O) groups excluding carboxylic acids is 2. The predicted molar refractivity (Wildman–Crippen MR) is 97.9 cm³/mol. The molecular formula is C21H19NO4. The lowest BCUT2D eigenvalue weighted by Gasteiger charge is -2.24. The van der Waals surface area contributed by atoms with Crippen molar-refractivity contribution in [2.75, 3.05) is 5.32 Å². The van der Waals surface area contributed by atoms with Gasteiger partial charge in [-0.2, -0.15) is 0 Å². The van der Waals surface area contributed by atoms with Gasteiger partial charge in [-0.15, -0.1) is 0 Å². The number of ketones is 1. The molecule has 0 saturated carbocycles. The van der Waals surface area contributed by atoms with Gasteiger partial charge in [0.1, 0.15) is 0 Å². The summed E-state index contributed by atoms with van der Waals surface area (Å²) in [5.41, 5.74) is 1.30. The van der Waals surface area contributed by atoms with Crippen molar-refractivity contribution in [3.8, 4) is 0 Å². The number of carboxylic acid groups (broad SMARTS) is 1. The summed E-state index contributed by atoms with van der Waals surface area (Å²) < 4.78 is 0. The maximum absolute atomic E-state index is 12.7. The number of allylic oxidation sites excluding steroid dienone is 2. The van der Waals surface area contributed by atoms with Crippen LogP contribution in [-0.2, 0) is 9.59 Å². The fourth-order valence-electron chi connectivity index (χ4n) is 3.14. The summed E-state index contributed by atoms with van der Waals surface area (Å²) in [4.78, 5) is 36.8. The number of aliphatic carboxylic acids is 1. The molecule has 1 aliphatic carbocycles. The highest BCUT2D eigenvalue weighted by molar-refractivity contribution is 6.14. The predicted octanol–water partition coefficient (Wildman–Crippen LogP) is 3.52. The fourth-order valence-corrected chi connectivity index (χ4v) is 3.14. The number of anilines is 1. The van der Waals surface area contributed by atoms with Crippen LogP contribution in [0, 0.1) is 11.8 Å². The van der Waals surface area contributed by atoms with Gasteiger partial charge in [0.2, 0.25) is 5.91 Å². The number of nitrogens with one attached hydrogen (secondary N) is 1. The summed E-state index contributed by atoms with van der Waals surface area (Å²) in [7, 11) is 0. The highest BCUT2D eigenvalue weighted by atomic mass is 16.4. The Bertz CT molecular complexity index is 857. The van der Waals surface area contributed by atoms with Crippen LogP contribution in [0.5, 0.6) is 0 Å². The van der Waals surface area contributed by atoms with Gasteiger partial charge in [-0.1, -0.05) is 54.6 Å². The molecule has 1 amide bonds. The number of hydrogen-bond donors (Lipinski definition) is 2. The van der Waals surface area contributed by atoms with Gasteiger partial charge in [-0.3, -0.25) is 14.4 Å². The largest absolute Gasteiger partial charge is 0.481 e. The Hall–Kier alpha value is -3.21. The molecule has 2 N–H and O–H groups in total. The minimum Gasteiger partial charge on any atom is -0.481 e. The van der Waals surface area contributed by atoms with Crippen LogP contribution in [0.15, 0.2) is 66.7 Å². The van der Waals surface area contributed by atoms with Crippen molar-refractivity contribution < 1.29 is 19.5 Å². The smallest absolute Gasteiger partial charge is 0.307 e. The van der Waals surface area contributed by atoms with Crippen molar-refractivity contribution >= 4 is 23.3 Å². The van der Waals surface area contributed by atoms with E-state index in [1.165, 1.54) is 0 Å². The second kappa shape index (κ2) is 7.78. The van der Waals surface area contributed by atoms with E-state index in [0.717, 1.165) is 0 Å². The van der Waals surface area contributed by atoms with Gasteiger partial charge < -0.3 is 10.4 Å². The maximum atomic E-state index is 12.7. The van der Waals surface area contributed by atoms with E-state index in [1.807, 2.05) is 12.1 Å². The topological polar surface area (TPSA) is 83.5 Å². The van der Waals surface area contributed by atoms with Gasteiger partial charge >= 0.3 is 5.97 Å². The first-order chi connectivity index (χ1) is 12.6. The molecule has 2 aromatic rings. The van der Waals surface area contributed by atoms with Crippen LogP contribution in [-0.4, -0.2) is 22.8 Å². The Morgan fingerprint density at radius 1 is 0.846 bits per heavy atom. The second-order valence-electron chi connectivity index (χ2n) is 6.22. The molecule has 5 nitrogen and oxygen atoms in total. The molecule has 5 heteroatoms. The minimum atomic E-state index is -0.983. The van der Waals surface area contributed by atoms with Crippen molar-refractivity contribution in [2.24, 2.45) is 11.8 Å². The summed E-state index contributed by atoms with van der Waals surface area (Å²) >= 11 is 0. The molecule has 2 aromatic carbocycles. The molecule has 0 aliphatic heterocycles. The zero-order chi connectivity index (χ0) is 18.5. The monoisotopic (exact) mass is 349 g/mol. The van der Waals surface area contributed by atoms with Crippen molar-refractivity contribution in [2.45, 2.75) is 12.8 Å². The Morgan fingerprint density at radius 3 is 2.15 bits per heavy atom. The Labute approximate surface area is 151 Å². The SMILES string of the molecule is O=C(c1ccccc1)c1ccccc1NC(=O)C1CC=CCC1C(=O)O. The number of amides is 1. The van der Waals surface area contributed by atoms with Gasteiger partial charge in [0.05, 0.1) is 17.5 Å². The van der Waals surface area contributed by atoms with E-state index in [0.29, 0.717) is 29.7 Å². The summed E-state index contributed by atoms with van der Waals surface area (Å²) in [6.07, 6.45) is 4.32. The third kappa shape index (κ3) is 3.72. The van der Waals surface area contributed by atoms with Crippen LogP contribution in [0.1, 0.15) is 28.8 Å². The van der Waals surface area contributed by atoms with E-state index in [9.17, 15) is 19.5 Å². The highest BCUT2D eigenvalue weighted by Crippen LogP contribution is 2.28. The first-order valence-corrected chi connectivity index (χ1v) is 8.45. The van der Waals surface area contributed by atoms with Crippen LogP contribution in [0.3, 0.4) is 0 Å². The van der Waals surface area contributed by atoms with Gasteiger partial charge in [-0.25, -0.2) is 0 Å². The Balaban J connectivity index is 1.84. The van der Waals surface area contributed by atoms with Crippen LogP contribution in [0.25, 0.3) is 0 Å². The first kappa shape index (κ1) is 17.6. The molecule has 2 unspecified atom stereocenters. The van der Waals surface area contributed by atoms with Crippen LogP contribution < -0.4 is 5.32 Å². The molecular weight excluding hydrogens is 330 g/mol. The van der Waals surface area contributed by atoms with Gasteiger partial charge in [0, 0.05) is 11.1 Å². The summed E-state index contributed by atoms with van der Waals surface area (Å²) in [6.45, 7) is 0. The van der Waals surface area contributed by atoms with E-state index in [-0.39, 0.29) is 11.7 Å². The number of hydrogen-bond acceptors (Lipinski definition) is 3. The molecule has 0 bridgehead atoms. The quantitative estimate of drug-likeness (QED) is 0.639. The number of carbonyl (C=O) groups is 3. The lowest BCUT2D eigenvalue weighted by molar-refractivity contribution is -0.146. The lowest BCUT2D eigenvalue weighted by Crippen LogP contribution is -2.35. The standard InChI is InChI=1S/C21H19NO4/c23-19(14-8-2-1-3-9-14)17-12-6-7-13-18(17)22-20(24)15-10-4-5-11-16(15)21(25)26/h1-9,12-13,15-16H,10-11H2,(H,22,24)(H,25,26). The molecule has 0 radical (unpaired) electrons. The molecule has 0 aromatic heterocycles. The number of rotatable bonds is 5. The van der Waals surface area contributed by atoms with Gasteiger partial charge in [0.25, 0.3) is 0 Å². The highest BCUT2D eigenvalue weighted by Gasteiger charge is 2.34. The molecule has 0 fully saturated rings. The molecule has 0 saturated heterocycles. The fraction of sp³-hybridized carbons (Fsp3) is 0.190. The molecule has 0 heterocycles. The summed E-state index contributed by atoms with van der Waals surface area (Å²) in [5, 5.41) is 12.1. The van der Waals surface area contributed by atoms with E-state index >= 15 is 0 Å². The average molecular weight is 349 g/mol. The van der Waals surface area contributed by atoms with Crippen LogP contribution >= 0.6 is 0 Å². The number of carboxylic acids is 1. The number of para-hydroxylation sites is 1. The van der Waals surface area contributed by atoms with Gasteiger partial charge in [0.15, 0.2) is 5.78 Å². The second-order valence-corrected chi connectivity index (χ2v) is 6.22. The van der Waals surface area contributed by atoms with E-state index < -0.39 is 17.8 Å². The third-order valence-electron chi connectivity index (χ3n) is 4.55. The molecule has 3 rings (SSSR count). The molecule has 26 heavy (non-hydrogen) atoms. The lowest BCUT2D eigenvalue weighted by atomic mass is 9.82. The summed E-state index contributed by atoms with van der Waals surface area (Å²) in [6, 6.07) is 15.6. The van der Waals surface area contributed by atoms with Crippen molar-refractivity contribution in [3.05, 3.63) is 77.9 Å². The van der Waals surface area contributed by atoms with Gasteiger partial charge in [-0.05, 0) is 25.0 Å². The maximum Gasteiger partial charge on any atom is 0.307 e. The zero-order valence-corrected chi connectivity index (χ0v) is 14.1. The molecule has 132 valence electrons.